The Labute approximate surface area is 67.7 Å². The van der Waals surface area contributed by atoms with Crippen molar-refractivity contribution in [3.8, 4) is 0 Å². The van der Waals surface area contributed by atoms with Crippen LogP contribution in [0.5, 0.6) is 0 Å². The zero-order valence-electron chi connectivity index (χ0n) is 6.39. The number of hydrogen-bond donors (Lipinski definition) is 1. The van der Waals surface area contributed by atoms with Gasteiger partial charge in [0.25, 0.3) is 0 Å². The molecule has 0 aliphatic carbocycles. The predicted octanol–water partition coefficient (Wildman–Crippen LogP) is 2.85. The van der Waals surface area contributed by atoms with Crippen molar-refractivity contribution in [1.29, 1.82) is 0 Å². The summed E-state index contributed by atoms with van der Waals surface area (Å²) in [5.74, 6) is 0. The van der Waals surface area contributed by atoms with Crippen LogP contribution in [0.2, 0.25) is 0 Å². The highest BCUT2D eigenvalue weighted by molar-refractivity contribution is 7.80. The summed E-state index contributed by atoms with van der Waals surface area (Å²) >= 11 is 4.35. The molecule has 54 valence electrons. The van der Waals surface area contributed by atoms with Crippen LogP contribution in [0, 0.1) is 6.92 Å². The number of benzene rings is 1. The molecule has 0 heterocycles. The van der Waals surface area contributed by atoms with E-state index in [9.17, 15) is 0 Å². The van der Waals surface area contributed by atoms with Gasteiger partial charge in [-0.15, -0.1) is 12.6 Å². The number of rotatable bonds is 1. The van der Waals surface area contributed by atoms with Crippen LogP contribution in [0.4, 0.5) is 0 Å². The Morgan fingerprint density at radius 3 is 2.60 bits per heavy atom. The molecule has 0 fully saturated rings. The molecule has 0 radical (unpaired) electrons. The molecule has 0 unspecified atom stereocenters. The maximum Gasteiger partial charge on any atom is 0.00745 e. The zero-order valence-corrected chi connectivity index (χ0v) is 7.28. The van der Waals surface area contributed by atoms with Gasteiger partial charge >= 0.3 is 0 Å². The van der Waals surface area contributed by atoms with Crippen molar-refractivity contribution in [3.05, 3.63) is 29.3 Å². The van der Waals surface area contributed by atoms with E-state index in [0.717, 1.165) is 11.3 Å². The molecule has 1 aromatic rings. The van der Waals surface area contributed by atoms with Crippen molar-refractivity contribution in [2.75, 3.05) is 0 Å². The maximum atomic E-state index is 4.35. The first kappa shape index (κ1) is 7.67. The van der Waals surface area contributed by atoms with Crippen LogP contribution in [-0.4, -0.2) is 0 Å². The molecule has 0 saturated carbocycles. The highest BCUT2D eigenvalue weighted by Gasteiger charge is 1.94. The van der Waals surface area contributed by atoms with Gasteiger partial charge in [-0.3, -0.25) is 0 Å². The van der Waals surface area contributed by atoms with Gasteiger partial charge < -0.3 is 0 Å². The topological polar surface area (TPSA) is 0 Å². The Morgan fingerprint density at radius 1 is 1.40 bits per heavy atom. The molecule has 0 atom stereocenters. The van der Waals surface area contributed by atoms with Crippen LogP contribution in [0.25, 0.3) is 0 Å². The summed E-state index contributed by atoms with van der Waals surface area (Å²) in [5.41, 5.74) is 2.61. The van der Waals surface area contributed by atoms with Crippen molar-refractivity contribution in [3.63, 3.8) is 0 Å². The summed E-state index contributed by atoms with van der Waals surface area (Å²) in [5, 5.41) is 0. The second-order valence-electron chi connectivity index (χ2n) is 2.49. The van der Waals surface area contributed by atoms with Gasteiger partial charge in [-0.1, -0.05) is 24.6 Å². The fraction of sp³-hybridized carbons (Fsp3) is 0.333. The molecule has 0 bridgehead atoms. The minimum absolute atomic E-state index is 1.07. The van der Waals surface area contributed by atoms with Crippen LogP contribution in [0.1, 0.15) is 18.1 Å². The Balaban J connectivity index is 3.07. The van der Waals surface area contributed by atoms with Crippen molar-refractivity contribution in [1.82, 2.24) is 0 Å². The highest BCUT2D eigenvalue weighted by Crippen LogP contribution is 2.15. The molecule has 0 aliphatic rings. The van der Waals surface area contributed by atoms with E-state index in [0.29, 0.717) is 0 Å². The van der Waals surface area contributed by atoms with Gasteiger partial charge in [0.2, 0.25) is 0 Å². The molecule has 1 rings (SSSR count). The van der Waals surface area contributed by atoms with Gasteiger partial charge in [-0.2, -0.15) is 0 Å². The lowest BCUT2D eigenvalue weighted by molar-refractivity contribution is 1.08. The van der Waals surface area contributed by atoms with Crippen LogP contribution in [0.3, 0.4) is 0 Å². The van der Waals surface area contributed by atoms with Gasteiger partial charge in [-0.25, -0.2) is 0 Å². The first-order valence-corrected chi connectivity index (χ1v) is 3.97. The summed E-state index contributed by atoms with van der Waals surface area (Å²) in [6, 6.07) is 6.36. The van der Waals surface area contributed by atoms with Crippen LogP contribution >= 0.6 is 12.6 Å². The molecule has 0 spiro atoms. The Hall–Kier alpha value is -0.430. The molecule has 0 N–H and O–H groups in total. The van der Waals surface area contributed by atoms with Crippen molar-refractivity contribution in [2.24, 2.45) is 0 Å². The molecule has 1 heteroatoms. The lowest BCUT2D eigenvalue weighted by Gasteiger charge is -2.01. The van der Waals surface area contributed by atoms with E-state index in [4.69, 9.17) is 0 Å². The van der Waals surface area contributed by atoms with E-state index in [2.05, 4.69) is 44.7 Å². The molecule has 0 nitrogen and oxygen atoms in total. The molecular weight excluding hydrogens is 140 g/mol. The van der Waals surface area contributed by atoms with E-state index in [-0.39, 0.29) is 0 Å². The normalized spacial score (nSPS) is 9.90. The summed E-state index contributed by atoms with van der Waals surface area (Å²) in [4.78, 5) is 1.11. The summed E-state index contributed by atoms with van der Waals surface area (Å²) in [7, 11) is 0. The first-order valence-electron chi connectivity index (χ1n) is 3.52. The molecule has 1 aromatic carbocycles. The van der Waals surface area contributed by atoms with Gasteiger partial charge in [0.1, 0.15) is 0 Å². The monoisotopic (exact) mass is 152 g/mol. The van der Waals surface area contributed by atoms with Crippen molar-refractivity contribution in [2.45, 2.75) is 25.2 Å². The van der Waals surface area contributed by atoms with Gasteiger partial charge in [0, 0.05) is 4.90 Å². The van der Waals surface area contributed by atoms with E-state index < -0.39 is 0 Å². The van der Waals surface area contributed by atoms with Crippen LogP contribution in [0.15, 0.2) is 23.1 Å². The fourth-order valence-corrected chi connectivity index (χ4v) is 1.41. The maximum absolute atomic E-state index is 4.35. The standard InChI is InChI=1S/C9H12S/c1-3-8-5-4-7(2)6-9(8)10/h4-6,10H,3H2,1-2H3. The van der Waals surface area contributed by atoms with E-state index in [1.807, 2.05) is 0 Å². The average Bonchev–Trinajstić information content (AvgIpc) is 1.88. The Morgan fingerprint density at radius 2 is 2.10 bits per heavy atom. The van der Waals surface area contributed by atoms with E-state index in [1.54, 1.807) is 0 Å². The third-order valence-corrected chi connectivity index (χ3v) is 2.04. The number of hydrogen-bond acceptors (Lipinski definition) is 1. The van der Waals surface area contributed by atoms with Crippen molar-refractivity contribution < 1.29 is 0 Å². The third kappa shape index (κ3) is 1.54. The smallest absolute Gasteiger partial charge is 0.00745 e. The van der Waals surface area contributed by atoms with E-state index >= 15 is 0 Å². The predicted molar refractivity (Wildman–Crippen MR) is 47.8 cm³/mol. The third-order valence-electron chi connectivity index (χ3n) is 1.62. The second kappa shape index (κ2) is 3.11. The van der Waals surface area contributed by atoms with Crippen molar-refractivity contribution >= 4 is 12.6 Å². The molecule has 0 saturated heterocycles. The first-order chi connectivity index (χ1) is 4.74. The summed E-state index contributed by atoms with van der Waals surface area (Å²) < 4.78 is 0. The number of aryl methyl sites for hydroxylation is 2. The quantitative estimate of drug-likeness (QED) is 0.588. The Bertz CT molecular complexity index is 228. The second-order valence-corrected chi connectivity index (χ2v) is 2.97. The van der Waals surface area contributed by atoms with Crippen LogP contribution < -0.4 is 0 Å². The lowest BCUT2D eigenvalue weighted by Crippen LogP contribution is -1.82. The van der Waals surface area contributed by atoms with Gasteiger partial charge in [0.05, 0.1) is 0 Å². The minimum atomic E-state index is 1.07. The number of thiol groups is 1. The largest absolute Gasteiger partial charge is 0.143 e. The summed E-state index contributed by atoms with van der Waals surface area (Å²) in [6.45, 7) is 4.23. The fourth-order valence-electron chi connectivity index (χ4n) is 0.973. The molecule has 0 aliphatic heterocycles. The SMILES string of the molecule is CCc1ccc(C)cc1S. The molecule has 0 aromatic heterocycles. The average molecular weight is 152 g/mol. The van der Waals surface area contributed by atoms with Gasteiger partial charge in [-0.05, 0) is 25.0 Å². The molecule has 0 amide bonds. The molecule has 10 heavy (non-hydrogen) atoms. The van der Waals surface area contributed by atoms with Crippen LogP contribution in [-0.2, 0) is 6.42 Å². The lowest BCUT2D eigenvalue weighted by atomic mass is 10.1. The molecular formula is C9H12S. The van der Waals surface area contributed by atoms with Gasteiger partial charge in [0.15, 0.2) is 0 Å². The highest BCUT2D eigenvalue weighted by atomic mass is 32.1. The Kier molecular flexibility index (Phi) is 2.39. The van der Waals surface area contributed by atoms with E-state index in [1.165, 1.54) is 11.1 Å². The summed E-state index contributed by atoms with van der Waals surface area (Å²) in [6.07, 6.45) is 1.07. The minimum Gasteiger partial charge on any atom is -0.143 e. The zero-order chi connectivity index (χ0) is 7.56.